The van der Waals surface area contributed by atoms with Crippen LogP contribution in [-0.4, -0.2) is 6.54 Å². The Balaban J connectivity index is 1.93. The van der Waals surface area contributed by atoms with Gasteiger partial charge in [0.15, 0.2) is 0 Å². The van der Waals surface area contributed by atoms with Crippen LogP contribution in [0.25, 0.3) is 0 Å². The summed E-state index contributed by atoms with van der Waals surface area (Å²) >= 11 is 9.57. The van der Waals surface area contributed by atoms with Gasteiger partial charge < -0.3 is 10.1 Å². The largest absolute Gasteiger partial charge is 0.482 e. The SMILES string of the molecule is Fc1ccc2c(c1)OC(c1ccc(Br)cc1Cl)CN2. The molecule has 1 aliphatic rings. The Labute approximate surface area is 123 Å². The van der Waals surface area contributed by atoms with E-state index >= 15 is 0 Å². The van der Waals surface area contributed by atoms with Crippen LogP contribution in [0, 0.1) is 5.82 Å². The van der Waals surface area contributed by atoms with Crippen LogP contribution in [0.1, 0.15) is 11.7 Å². The van der Waals surface area contributed by atoms with E-state index in [4.69, 9.17) is 16.3 Å². The number of rotatable bonds is 1. The summed E-state index contributed by atoms with van der Waals surface area (Å²) in [5.74, 6) is 0.193. The first-order chi connectivity index (χ1) is 9.13. The van der Waals surface area contributed by atoms with Gasteiger partial charge in [-0.15, -0.1) is 0 Å². The number of anilines is 1. The first-order valence-corrected chi connectivity index (χ1v) is 6.95. The molecule has 19 heavy (non-hydrogen) atoms. The molecular formula is C14H10BrClFNO. The first-order valence-electron chi connectivity index (χ1n) is 5.78. The van der Waals surface area contributed by atoms with Crippen LogP contribution in [0.3, 0.4) is 0 Å². The fourth-order valence-corrected chi connectivity index (χ4v) is 2.87. The van der Waals surface area contributed by atoms with Gasteiger partial charge in [0, 0.05) is 21.1 Å². The fourth-order valence-electron chi connectivity index (χ4n) is 2.07. The zero-order valence-corrected chi connectivity index (χ0v) is 12.1. The lowest BCUT2D eigenvalue weighted by atomic mass is 10.1. The lowest BCUT2D eigenvalue weighted by Gasteiger charge is -2.28. The van der Waals surface area contributed by atoms with E-state index in [0.29, 0.717) is 17.3 Å². The molecule has 0 saturated heterocycles. The quantitative estimate of drug-likeness (QED) is 0.805. The smallest absolute Gasteiger partial charge is 0.146 e. The monoisotopic (exact) mass is 341 g/mol. The molecule has 1 atom stereocenters. The number of fused-ring (bicyclic) bond motifs is 1. The molecule has 0 radical (unpaired) electrons. The van der Waals surface area contributed by atoms with Crippen molar-refractivity contribution in [1.82, 2.24) is 0 Å². The van der Waals surface area contributed by atoms with Crippen molar-refractivity contribution < 1.29 is 9.13 Å². The maximum Gasteiger partial charge on any atom is 0.146 e. The van der Waals surface area contributed by atoms with E-state index in [1.54, 1.807) is 6.07 Å². The van der Waals surface area contributed by atoms with Crippen LogP contribution in [0.2, 0.25) is 5.02 Å². The third-order valence-electron chi connectivity index (χ3n) is 3.00. The standard InChI is InChI=1S/C14H10BrClFNO/c15-8-1-3-10(11(16)5-8)14-7-18-12-4-2-9(17)6-13(12)19-14/h1-6,14,18H,7H2. The summed E-state index contributed by atoms with van der Waals surface area (Å²) in [5, 5.41) is 3.84. The average Bonchev–Trinajstić information content (AvgIpc) is 2.38. The molecule has 2 nitrogen and oxygen atoms in total. The van der Waals surface area contributed by atoms with Gasteiger partial charge >= 0.3 is 0 Å². The Morgan fingerprint density at radius 2 is 2.11 bits per heavy atom. The van der Waals surface area contributed by atoms with Crippen molar-refractivity contribution in [2.24, 2.45) is 0 Å². The summed E-state index contributed by atoms with van der Waals surface area (Å²) in [6.45, 7) is 0.597. The topological polar surface area (TPSA) is 21.3 Å². The number of halogens is 3. The second kappa shape index (κ2) is 5.02. The summed E-state index contributed by atoms with van der Waals surface area (Å²) in [6, 6.07) is 10.1. The highest BCUT2D eigenvalue weighted by Crippen LogP contribution is 2.37. The molecule has 1 aliphatic heterocycles. The van der Waals surface area contributed by atoms with Crippen molar-refractivity contribution in [2.45, 2.75) is 6.10 Å². The number of hydrogen-bond acceptors (Lipinski definition) is 2. The first kappa shape index (κ1) is 12.8. The van der Waals surface area contributed by atoms with Gasteiger partial charge in [0.1, 0.15) is 17.7 Å². The van der Waals surface area contributed by atoms with Crippen molar-refractivity contribution in [3.05, 3.63) is 57.3 Å². The lowest BCUT2D eigenvalue weighted by Crippen LogP contribution is -2.23. The second-order valence-corrected chi connectivity index (χ2v) is 5.62. The molecule has 1 N–H and O–H groups in total. The van der Waals surface area contributed by atoms with Crippen LogP contribution in [-0.2, 0) is 0 Å². The summed E-state index contributed by atoms with van der Waals surface area (Å²) in [7, 11) is 0. The van der Waals surface area contributed by atoms with E-state index in [1.807, 2.05) is 18.2 Å². The normalized spacial score (nSPS) is 17.3. The third-order valence-corrected chi connectivity index (χ3v) is 3.82. The molecule has 2 aromatic carbocycles. The number of hydrogen-bond donors (Lipinski definition) is 1. The van der Waals surface area contributed by atoms with Crippen LogP contribution in [0.5, 0.6) is 5.75 Å². The van der Waals surface area contributed by atoms with Gasteiger partial charge in [-0.25, -0.2) is 4.39 Å². The van der Waals surface area contributed by atoms with Gasteiger partial charge in [-0.3, -0.25) is 0 Å². The molecule has 5 heteroatoms. The molecule has 98 valence electrons. The minimum atomic E-state index is -0.317. The van der Waals surface area contributed by atoms with E-state index in [-0.39, 0.29) is 11.9 Å². The zero-order chi connectivity index (χ0) is 13.4. The van der Waals surface area contributed by atoms with Gasteiger partial charge in [-0.05, 0) is 24.3 Å². The molecular weight excluding hydrogens is 333 g/mol. The molecule has 0 spiro atoms. The van der Waals surface area contributed by atoms with Crippen molar-refractivity contribution in [1.29, 1.82) is 0 Å². The van der Waals surface area contributed by atoms with E-state index < -0.39 is 0 Å². The highest BCUT2D eigenvalue weighted by Gasteiger charge is 2.23. The van der Waals surface area contributed by atoms with Gasteiger partial charge in [-0.2, -0.15) is 0 Å². The minimum absolute atomic E-state index is 0.227. The van der Waals surface area contributed by atoms with E-state index in [9.17, 15) is 4.39 Å². The van der Waals surface area contributed by atoms with Gasteiger partial charge in [0.2, 0.25) is 0 Å². The lowest BCUT2D eigenvalue weighted by molar-refractivity contribution is 0.209. The Morgan fingerprint density at radius 1 is 1.26 bits per heavy atom. The Bertz CT molecular complexity index is 635. The predicted octanol–water partition coefficient (Wildman–Crippen LogP) is 4.79. The molecule has 2 aromatic rings. The summed E-state index contributed by atoms with van der Waals surface area (Å²) in [6.07, 6.45) is -0.227. The van der Waals surface area contributed by atoms with Gasteiger partial charge in [-0.1, -0.05) is 33.6 Å². The molecule has 0 aliphatic carbocycles. The van der Waals surface area contributed by atoms with Gasteiger partial charge in [0.05, 0.1) is 12.2 Å². The maximum absolute atomic E-state index is 13.2. The molecule has 0 saturated carbocycles. The highest BCUT2D eigenvalue weighted by atomic mass is 79.9. The number of nitrogens with one attached hydrogen (secondary N) is 1. The zero-order valence-electron chi connectivity index (χ0n) is 9.79. The molecule has 3 rings (SSSR count). The molecule has 0 fully saturated rings. The maximum atomic E-state index is 13.2. The van der Waals surface area contributed by atoms with E-state index in [2.05, 4.69) is 21.2 Å². The van der Waals surface area contributed by atoms with Crippen LogP contribution < -0.4 is 10.1 Å². The Hall–Kier alpha value is -1.26. The Morgan fingerprint density at radius 3 is 2.89 bits per heavy atom. The third kappa shape index (κ3) is 2.55. The fraction of sp³-hybridized carbons (Fsp3) is 0.143. The predicted molar refractivity (Wildman–Crippen MR) is 77.4 cm³/mol. The van der Waals surface area contributed by atoms with Crippen LogP contribution >= 0.6 is 27.5 Å². The van der Waals surface area contributed by atoms with Crippen molar-refractivity contribution in [3.8, 4) is 5.75 Å². The summed E-state index contributed by atoms with van der Waals surface area (Å²) < 4.78 is 19.9. The van der Waals surface area contributed by atoms with Crippen LogP contribution in [0.15, 0.2) is 40.9 Å². The van der Waals surface area contributed by atoms with Gasteiger partial charge in [0.25, 0.3) is 0 Å². The number of benzene rings is 2. The molecule has 1 unspecified atom stereocenters. The van der Waals surface area contributed by atoms with Crippen molar-refractivity contribution in [3.63, 3.8) is 0 Å². The van der Waals surface area contributed by atoms with E-state index in [0.717, 1.165) is 15.7 Å². The summed E-state index contributed by atoms with van der Waals surface area (Å²) in [4.78, 5) is 0. The second-order valence-electron chi connectivity index (χ2n) is 4.29. The van der Waals surface area contributed by atoms with Crippen molar-refractivity contribution >= 4 is 33.2 Å². The summed E-state index contributed by atoms with van der Waals surface area (Å²) in [5.41, 5.74) is 1.68. The van der Waals surface area contributed by atoms with E-state index in [1.165, 1.54) is 12.1 Å². The molecule has 0 aromatic heterocycles. The minimum Gasteiger partial charge on any atom is -0.482 e. The van der Waals surface area contributed by atoms with Crippen molar-refractivity contribution in [2.75, 3.05) is 11.9 Å². The van der Waals surface area contributed by atoms with Crippen LogP contribution in [0.4, 0.5) is 10.1 Å². The average molecular weight is 343 g/mol. The molecule has 1 heterocycles. The Kier molecular flexibility index (Phi) is 3.37. The highest BCUT2D eigenvalue weighted by molar-refractivity contribution is 9.10. The molecule has 0 bridgehead atoms. The molecule has 0 amide bonds. The number of ether oxygens (including phenoxy) is 1.